The second kappa shape index (κ2) is 9.12. The molecule has 1 aromatic carbocycles. The lowest BCUT2D eigenvalue weighted by atomic mass is 9.84. The Balaban J connectivity index is 1.98. The summed E-state index contributed by atoms with van der Waals surface area (Å²) in [6.07, 6.45) is 4.02. The lowest BCUT2D eigenvalue weighted by Crippen LogP contribution is -2.49. The van der Waals surface area contributed by atoms with Crippen molar-refractivity contribution in [3.05, 3.63) is 28.8 Å². The molecular formula is C19H29ClN4O2. The number of halogens is 1. The van der Waals surface area contributed by atoms with Gasteiger partial charge >= 0.3 is 0 Å². The van der Waals surface area contributed by atoms with Crippen molar-refractivity contribution in [3.8, 4) is 5.75 Å². The molecule has 1 aromatic rings. The van der Waals surface area contributed by atoms with Crippen molar-refractivity contribution in [1.29, 1.82) is 0 Å². The molecule has 0 radical (unpaired) electrons. The van der Waals surface area contributed by atoms with Crippen LogP contribution < -0.4 is 15.4 Å². The number of carbonyl (C=O) groups is 1. The van der Waals surface area contributed by atoms with Crippen molar-refractivity contribution in [2.75, 3.05) is 34.8 Å². The third-order valence-corrected chi connectivity index (χ3v) is 5.17. The second-order valence-corrected chi connectivity index (χ2v) is 7.36. The van der Waals surface area contributed by atoms with Gasteiger partial charge in [-0.05, 0) is 25.0 Å². The van der Waals surface area contributed by atoms with Crippen molar-refractivity contribution < 1.29 is 9.53 Å². The molecule has 7 heteroatoms. The maximum absolute atomic E-state index is 12.7. The second-order valence-electron chi connectivity index (χ2n) is 6.92. The van der Waals surface area contributed by atoms with Gasteiger partial charge < -0.3 is 20.3 Å². The highest BCUT2D eigenvalue weighted by molar-refractivity contribution is 6.30. The predicted molar refractivity (Wildman–Crippen MR) is 106 cm³/mol. The Morgan fingerprint density at radius 3 is 2.58 bits per heavy atom. The first-order valence-corrected chi connectivity index (χ1v) is 9.28. The molecule has 0 spiro atoms. The van der Waals surface area contributed by atoms with Crippen molar-refractivity contribution in [2.24, 2.45) is 10.4 Å². The summed E-state index contributed by atoms with van der Waals surface area (Å²) in [6.45, 7) is 1.14. The van der Waals surface area contributed by atoms with Gasteiger partial charge in [0, 0.05) is 44.8 Å². The van der Waals surface area contributed by atoms with Crippen LogP contribution in [-0.2, 0) is 11.3 Å². The number of nitrogens with zero attached hydrogens (tertiary/aromatic N) is 2. The summed E-state index contributed by atoms with van der Waals surface area (Å²) in [7, 11) is 6.99. The highest BCUT2D eigenvalue weighted by Crippen LogP contribution is 2.38. The Morgan fingerprint density at radius 1 is 1.31 bits per heavy atom. The van der Waals surface area contributed by atoms with Gasteiger partial charge in [0.25, 0.3) is 0 Å². The van der Waals surface area contributed by atoms with Crippen LogP contribution >= 0.6 is 11.6 Å². The third kappa shape index (κ3) is 4.81. The zero-order valence-corrected chi connectivity index (χ0v) is 16.8. The van der Waals surface area contributed by atoms with Gasteiger partial charge in [0.1, 0.15) is 5.75 Å². The van der Waals surface area contributed by atoms with Crippen molar-refractivity contribution in [2.45, 2.75) is 32.2 Å². The number of methoxy groups -OCH3 is 1. The minimum absolute atomic E-state index is 0.192. The fourth-order valence-corrected chi connectivity index (χ4v) is 3.67. The Bertz CT molecular complexity index is 655. The highest BCUT2D eigenvalue weighted by atomic mass is 35.5. The summed E-state index contributed by atoms with van der Waals surface area (Å²) in [5, 5.41) is 7.25. The van der Waals surface area contributed by atoms with E-state index in [2.05, 4.69) is 15.6 Å². The zero-order valence-electron chi connectivity index (χ0n) is 16.1. The fourth-order valence-electron chi connectivity index (χ4n) is 3.51. The number of nitrogens with one attached hydrogen (secondary N) is 2. The van der Waals surface area contributed by atoms with Crippen LogP contribution in [0.4, 0.5) is 0 Å². The molecule has 144 valence electrons. The van der Waals surface area contributed by atoms with Crippen LogP contribution in [0, 0.1) is 5.41 Å². The molecular weight excluding hydrogens is 352 g/mol. The van der Waals surface area contributed by atoms with E-state index < -0.39 is 0 Å². The van der Waals surface area contributed by atoms with Crippen LogP contribution in [0.3, 0.4) is 0 Å². The summed E-state index contributed by atoms with van der Waals surface area (Å²) < 4.78 is 5.37. The summed E-state index contributed by atoms with van der Waals surface area (Å²) >= 11 is 6.01. The molecule has 0 unspecified atom stereocenters. The standard InChI is InChI=1S/C19H29ClN4O2/c1-21-18(22-12-14-7-8-15(20)11-16(14)26-4)23-13-19(9-5-6-10-19)17(25)24(2)3/h7-8,11H,5-6,9-10,12-13H2,1-4H3,(H2,21,22,23). The molecule has 0 aliphatic heterocycles. The molecule has 2 rings (SSSR count). The number of carbonyl (C=O) groups excluding carboxylic acids is 1. The van der Waals surface area contributed by atoms with E-state index in [-0.39, 0.29) is 11.3 Å². The molecule has 1 saturated carbocycles. The first-order chi connectivity index (χ1) is 12.4. The van der Waals surface area contributed by atoms with Gasteiger partial charge in [-0.2, -0.15) is 0 Å². The minimum atomic E-state index is -0.334. The lowest BCUT2D eigenvalue weighted by molar-refractivity contribution is -0.138. The Morgan fingerprint density at radius 2 is 2.00 bits per heavy atom. The topological polar surface area (TPSA) is 66.0 Å². The first kappa shape index (κ1) is 20.4. The molecule has 2 N–H and O–H groups in total. The average Bonchev–Trinajstić information content (AvgIpc) is 3.11. The Labute approximate surface area is 161 Å². The van der Waals surface area contributed by atoms with E-state index in [0.29, 0.717) is 24.1 Å². The highest BCUT2D eigenvalue weighted by Gasteiger charge is 2.42. The van der Waals surface area contributed by atoms with Crippen LogP contribution in [0.15, 0.2) is 23.2 Å². The number of hydrogen-bond donors (Lipinski definition) is 2. The van der Waals surface area contributed by atoms with Crippen molar-refractivity contribution >= 4 is 23.5 Å². The molecule has 1 aliphatic carbocycles. The minimum Gasteiger partial charge on any atom is -0.496 e. The van der Waals surface area contributed by atoms with E-state index in [1.165, 1.54) is 0 Å². The van der Waals surface area contributed by atoms with Crippen molar-refractivity contribution in [1.82, 2.24) is 15.5 Å². The molecule has 0 atom stereocenters. The maximum Gasteiger partial charge on any atom is 0.230 e. The number of amides is 1. The molecule has 0 heterocycles. The van der Waals surface area contributed by atoms with Gasteiger partial charge in [0.2, 0.25) is 5.91 Å². The quantitative estimate of drug-likeness (QED) is 0.588. The van der Waals surface area contributed by atoms with E-state index in [9.17, 15) is 4.79 Å². The summed E-state index contributed by atoms with van der Waals surface area (Å²) in [4.78, 5) is 18.6. The van der Waals surface area contributed by atoms with Crippen LogP contribution in [0.1, 0.15) is 31.2 Å². The van der Waals surface area contributed by atoms with E-state index in [1.807, 2.05) is 26.2 Å². The third-order valence-electron chi connectivity index (χ3n) is 4.93. The lowest BCUT2D eigenvalue weighted by Gasteiger charge is -2.31. The normalized spacial score (nSPS) is 16.3. The number of hydrogen-bond acceptors (Lipinski definition) is 3. The van der Waals surface area contributed by atoms with E-state index in [1.54, 1.807) is 25.1 Å². The van der Waals surface area contributed by atoms with Crippen LogP contribution in [0.5, 0.6) is 5.75 Å². The molecule has 0 aromatic heterocycles. The largest absolute Gasteiger partial charge is 0.496 e. The van der Waals surface area contributed by atoms with Gasteiger partial charge in [-0.3, -0.25) is 9.79 Å². The number of benzene rings is 1. The smallest absolute Gasteiger partial charge is 0.230 e. The SMILES string of the molecule is CN=C(NCc1ccc(Cl)cc1OC)NCC1(C(=O)N(C)C)CCCC1. The van der Waals surface area contributed by atoms with Gasteiger partial charge in [-0.15, -0.1) is 0 Å². The molecule has 1 amide bonds. The molecule has 1 aliphatic rings. The van der Waals surface area contributed by atoms with Gasteiger partial charge in [-0.1, -0.05) is 30.5 Å². The van der Waals surface area contributed by atoms with Gasteiger partial charge in [-0.25, -0.2) is 0 Å². The molecule has 1 fully saturated rings. The van der Waals surface area contributed by atoms with Crippen LogP contribution in [-0.4, -0.2) is 51.6 Å². The summed E-state index contributed by atoms with van der Waals surface area (Å²) in [6, 6.07) is 5.55. The predicted octanol–water partition coefficient (Wildman–Crippen LogP) is 2.66. The van der Waals surface area contributed by atoms with Crippen LogP contribution in [0.25, 0.3) is 0 Å². The van der Waals surface area contributed by atoms with Gasteiger partial charge in [0.05, 0.1) is 12.5 Å². The van der Waals surface area contributed by atoms with E-state index in [4.69, 9.17) is 16.3 Å². The monoisotopic (exact) mass is 380 g/mol. The molecule has 6 nitrogen and oxygen atoms in total. The number of ether oxygens (including phenoxy) is 1. The van der Waals surface area contributed by atoms with E-state index >= 15 is 0 Å². The number of rotatable bonds is 6. The molecule has 0 saturated heterocycles. The van der Waals surface area contributed by atoms with Crippen LogP contribution in [0.2, 0.25) is 5.02 Å². The summed E-state index contributed by atoms with van der Waals surface area (Å²) in [5.74, 6) is 1.59. The van der Waals surface area contributed by atoms with Gasteiger partial charge in [0.15, 0.2) is 5.96 Å². The average molecular weight is 381 g/mol. The number of aliphatic imine (C=N–C) groups is 1. The Kier molecular flexibility index (Phi) is 7.14. The van der Waals surface area contributed by atoms with Crippen molar-refractivity contribution in [3.63, 3.8) is 0 Å². The van der Waals surface area contributed by atoms with E-state index in [0.717, 1.165) is 37.0 Å². The zero-order chi connectivity index (χ0) is 19.2. The summed E-state index contributed by atoms with van der Waals surface area (Å²) in [5.41, 5.74) is 0.652. The number of guanidine groups is 1. The Hall–Kier alpha value is -1.95. The molecule has 0 bridgehead atoms. The maximum atomic E-state index is 12.7. The fraction of sp³-hybridized carbons (Fsp3) is 0.579. The molecule has 26 heavy (non-hydrogen) atoms. The first-order valence-electron chi connectivity index (χ1n) is 8.90.